The average Bonchev–Trinajstić information content (AvgIpc) is 3.12. The van der Waals surface area contributed by atoms with Gasteiger partial charge in [-0.05, 0) is 74.1 Å². The van der Waals surface area contributed by atoms with E-state index in [1.165, 1.54) is 17.0 Å². The Kier molecular flexibility index (Phi) is 4.78. The van der Waals surface area contributed by atoms with E-state index in [0.717, 1.165) is 21.0 Å². The molecule has 0 unspecified atom stereocenters. The van der Waals surface area contributed by atoms with E-state index in [1.807, 2.05) is 18.3 Å². The van der Waals surface area contributed by atoms with Crippen LogP contribution in [0.3, 0.4) is 0 Å². The van der Waals surface area contributed by atoms with Crippen molar-refractivity contribution in [3.63, 3.8) is 0 Å². The smallest absolute Gasteiger partial charge is 0.169 e. The van der Waals surface area contributed by atoms with Gasteiger partial charge in [-0.3, -0.25) is 4.98 Å². The summed E-state index contributed by atoms with van der Waals surface area (Å²) < 4.78 is 3.38. The van der Waals surface area contributed by atoms with Crippen LogP contribution in [0.25, 0.3) is 5.69 Å². The molecule has 4 nitrogen and oxygen atoms in total. The van der Waals surface area contributed by atoms with Crippen molar-refractivity contribution in [2.24, 2.45) is 0 Å². The predicted octanol–water partition coefficient (Wildman–Crippen LogP) is 4.85. The van der Waals surface area contributed by atoms with Gasteiger partial charge in [0, 0.05) is 34.8 Å². The third kappa shape index (κ3) is 3.17. The number of aromatic nitrogens is 2. The van der Waals surface area contributed by atoms with Crippen molar-refractivity contribution in [2.45, 2.75) is 25.9 Å². The van der Waals surface area contributed by atoms with E-state index in [1.54, 1.807) is 0 Å². The van der Waals surface area contributed by atoms with Crippen molar-refractivity contribution in [1.29, 1.82) is 0 Å². The molecule has 2 atom stereocenters. The molecule has 1 aliphatic heterocycles. The largest absolute Gasteiger partial charge is 0.352 e. The molecule has 1 N–H and O–H groups in total. The van der Waals surface area contributed by atoms with E-state index in [2.05, 4.69) is 93.0 Å². The van der Waals surface area contributed by atoms with Gasteiger partial charge in [0.25, 0.3) is 0 Å². The first-order valence-electron chi connectivity index (χ1n) is 8.86. The lowest BCUT2D eigenvalue weighted by Crippen LogP contribution is -2.25. The highest BCUT2D eigenvalue weighted by molar-refractivity contribution is 9.10. The molecule has 0 radical (unpaired) electrons. The highest BCUT2D eigenvalue weighted by atomic mass is 79.9. The van der Waals surface area contributed by atoms with Crippen LogP contribution in [-0.4, -0.2) is 26.6 Å². The molecule has 3 aromatic rings. The van der Waals surface area contributed by atoms with Gasteiger partial charge < -0.3 is 14.8 Å². The second-order valence-electron chi connectivity index (χ2n) is 6.88. The Morgan fingerprint density at radius 3 is 2.52 bits per heavy atom. The van der Waals surface area contributed by atoms with Crippen molar-refractivity contribution >= 4 is 33.3 Å². The standard InChI is InChI=1S/C21H21BrN4S/c1-13-12-17(14(2)26(13)16-9-7-15(22)8-10-16)20-19(24-21(27)25(20)3)18-6-4-5-11-23-18/h4-12,19-20H,1-3H3,(H,24,27)/t19-,20+/m0/s1. The van der Waals surface area contributed by atoms with Crippen molar-refractivity contribution in [1.82, 2.24) is 19.8 Å². The Morgan fingerprint density at radius 1 is 1.11 bits per heavy atom. The van der Waals surface area contributed by atoms with Crippen LogP contribution in [-0.2, 0) is 0 Å². The molecule has 1 fully saturated rings. The van der Waals surface area contributed by atoms with Gasteiger partial charge >= 0.3 is 0 Å². The minimum absolute atomic E-state index is 0.0302. The summed E-state index contributed by atoms with van der Waals surface area (Å²) in [6.45, 7) is 4.32. The number of likely N-dealkylation sites (N-methyl/N-ethyl adjacent to an activating group) is 1. The minimum Gasteiger partial charge on any atom is -0.352 e. The van der Waals surface area contributed by atoms with E-state index in [-0.39, 0.29) is 12.1 Å². The molecule has 1 saturated heterocycles. The van der Waals surface area contributed by atoms with E-state index >= 15 is 0 Å². The molecular formula is C21H21BrN4S. The third-order valence-corrected chi connectivity index (χ3v) is 6.15. The Morgan fingerprint density at radius 2 is 1.85 bits per heavy atom. The summed E-state index contributed by atoms with van der Waals surface area (Å²) in [5.41, 5.74) is 5.85. The average molecular weight is 441 g/mol. The number of hydrogen-bond donors (Lipinski definition) is 1. The van der Waals surface area contributed by atoms with Gasteiger partial charge in [-0.1, -0.05) is 22.0 Å². The topological polar surface area (TPSA) is 33.1 Å². The lowest BCUT2D eigenvalue weighted by atomic mass is 9.97. The maximum absolute atomic E-state index is 5.56. The molecular weight excluding hydrogens is 420 g/mol. The first-order valence-corrected chi connectivity index (χ1v) is 10.1. The van der Waals surface area contributed by atoms with Crippen LogP contribution >= 0.6 is 28.1 Å². The third-order valence-electron chi connectivity index (χ3n) is 5.21. The lowest BCUT2D eigenvalue weighted by molar-refractivity contribution is 0.367. The number of nitrogens with zero attached hydrogens (tertiary/aromatic N) is 3. The van der Waals surface area contributed by atoms with Crippen LogP contribution < -0.4 is 5.32 Å². The number of nitrogens with one attached hydrogen (secondary N) is 1. The number of rotatable bonds is 3. The second kappa shape index (κ2) is 7.09. The Balaban J connectivity index is 1.81. The highest BCUT2D eigenvalue weighted by Gasteiger charge is 2.39. The van der Waals surface area contributed by atoms with E-state index in [9.17, 15) is 0 Å². The lowest BCUT2D eigenvalue weighted by Gasteiger charge is -2.24. The summed E-state index contributed by atoms with van der Waals surface area (Å²) in [7, 11) is 2.05. The predicted molar refractivity (Wildman–Crippen MR) is 116 cm³/mol. The number of hydrogen-bond acceptors (Lipinski definition) is 2. The molecule has 0 bridgehead atoms. The fourth-order valence-corrected chi connectivity index (χ4v) is 4.43. The zero-order valence-electron chi connectivity index (χ0n) is 15.5. The highest BCUT2D eigenvalue weighted by Crippen LogP contribution is 2.40. The summed E-state index contributed by atoms with van der Waals surface area (Å²) in [6, 6.07) is 16.8. The summed E-state index contributed by atoms with van der Waals surface area (Å²) >= 11 is 9.08. The molecule has 6 heteroatoms. The molecule has 138 valence electrons. The maximum atomic E-state index is 5.56. The Labute approximate surface area is 173 Å². The molecule has 0 saturated carbocycles. The molecule has 0 spiro atoms. The van der Waals surface area contributed by atoms with E-state index < -0.39 is 0 Å². The van der Waals surface area contributed by atoms with Gasteiger partial charge in [0.1, 0.15) is 0 Å². The second-order valence-corrected chi connectivity index (χ2v) is 8.18. The van der Waals surface area contributed by atoms with Gasteiger partial charge in [-0.25, -0.2) is 0 Å². The van der Waals surface area contributed by atoms with Crippen LogP contribution in [0, 0.1) is 13.8 Å². The molecule has 0 amide bonds. The van der Waals surface area contributed by atoms with Crippen LogP contribution in [0.1, 0.15) is 34.7 Å². The van der Waals surface area contributed by atoms with Crippen molar-refractivity contribution in [3.05, 3.63) is 81.8 Å². The zero-order chi connectivity index (χ0) is 19.1. The summed E-state index contributed by atoms with van der Waals surface area (Å²) in [4.78, 5) is 6.71. The van der Waals surface area contributed by atoms with Crippen molar-refractivity contribution in [3.8, 4) is 5.69 Å². The Hall–Kier alpha value is -2.18. The molecule has 1 aromatic carbocycles. The SMILES string of the molecule is Cc1cc([C@@H]2[C@H](c3ccccn3)NC(=S)N2C)c(C)n1-c1ccc(Br)cc1. The van der Waals surface area contributed by atoms with Gasteiger partial charge in [-0.15, -0.1) is 0 Å². The number of thiocarbonyl (C=S) groups is 1. The van der Waals surface area contributed by atoms with Gasteiger partial charge in [-0.2, -0.15) is 0 Å². The van der Waals surface area contributed by atoms with Crippen LogP contribution in [0.15, 0.2) is 59.2 Å². The minimum atomic E-state index is 0.0302. The van der Waals surface area contributed by atoms with E-state index in [0.29, 0.717) is 0 Å². The number of halogens is 1. The van der Waals surface area contributed by atoms with E-state index in [4.69, 9.17) is 12.2 Å². The van der Waals surface area contributed by atoms with Crippen LogP contribution in [0.5, 0.6) is 0 Å². The maximum Gasteiger partial charge on any atom is 0.169 e. The Bertz CT molecular complexity index is 981. The monoisotopic (exact) mass is 440 g/mol. The molecule has 27 heavy (non-hydrogen) atoms. The first-order chi connectivity index (χ1) is 13.0. The molecule has 4 rings (SSSR count). The number of aryl methyl sites for hydroxylation is 1. The van der Waals surface area contributed by atoms with Crippen LogP contribution in [0.4, 0.5) is 0 Å². The van der Waals surface area contributed by atoms with Crippen molar-refractivity contribution in [2.75, 3.05) is 7.05 Å². The quantitative estimate of drug-likeness (QED) is 0.589. The normalized spacial score (nSPS) is 19.4. The first kappa shape index (κ1) is 18.2. The fourth-order valence-electron chi connectivity index (χ4n) is 3.92. The summed E-state index contributed by atoms with van der Waals surface area (Å²) in [6.07, 6.45) is 1.83. The molecule has 0 aliphatic carbocycles. The number of pyridine rings is 1. The molecule has 3 heterocycles. The fraction of sp³-hybridized carbons (Fsp3) is 0.238. The van der Waals surface area contributed by atoms with Crippen molar-refractivity contribution < 1.29 is 0 Å². The summed E-state index contributed by atoms with van der Waals surface area (Å²) in [5.74, 6) is 0. The van der Waals surface area contributed by atoms with Gasteiger partial charge in [0.05, 0.1) is 17.8 Å². The van der Waals surface area contributed by atoms with Crippen LogP contribution in [0.2, 0.25) is 0 Å². The van der Waals surface area contributed by atoms with Gasteiger partial charge in [0.15, 0.2) is 5.11 Å². The number of benzene rings is 1. The zero-order valence-corrected chi connectivity index (χ0v) is 17.9. The molecule has 1 aliphatic rings. The van der Waals surface area contributed by atoms with Gasteiger partial charge in [0.2, 0.25) is 0 Å². The molecule has 2 aromatic heterocycles. The summed E-state index contributed by atoms with van der Waals surface area (Å²) in [5, 5.41) is 4.20.